The van der Waals surface area contributed by atoms with Gasteiger partial charge in [0.05, 0.1) is 18.1 Å². The Morgan fingerprint density at radius 3 is 2.88 bits per heavy atom. The van der Waals surface area contributed by atoms with Crippen LogP contribution in [0.2, 0.25) is 5.02 Å². The van der Waals surface area contributed by atoms with Crippen molar-refractivity contribution in [1.82, 2.24) is 0 Å². The van der Waals surface area contributed by atoms with Crippen molar-refractivity contribution in [2.45, 2.75) is 6.30 Å². The SMILES string of the molecule is O=C(Nc1cccc(N2CCOCC2F)c1)c1ccc(Cl)c([N+](=O)[O-])c1. The van der Waals surface area contributed by atoms with Gasteiger partial charge in [-0.05, 0) is 30.3 Å². The molecular weight excluding hydrogens is 365 g/mol. The van der Waals surface area contributed by atoms with Crippen LogP contribution in [0.25, 0.3) is 0 Å². The minimum absolute atomic E-state index is 0.00890. The molecule has 1 aliphatic heterocycles. The highest BCUT2D eigenvalue weighted by Gasteiger charge is 2.23. The highest BCUT2D eigenvalue weighted by atomic mass is 35.5. The largest absolute Gasteiger partial charge is 0.375 e. The van der Waals surface area contributed by atoms with Gasteiger partial charge in [0, 0.05) is 29.5 Å². The average Bonchev–Trinajstić information content (AvgIpc) is 2.62. The van der Waals surface area contributed by atoms with Crippen LogP contribution in [0.3, 0.4) is 0 Å². The maximum atomic E-state index is 14.0. The lowest BCUT2D eigenvalue weighted by atomic mass is 10.1. The Labute approximate surface area is 153 Å². The van der Waals surface area contributed by atoms with Crippen molar-refractivity contribution < 1.29 is 18.8 Å². The Balaban J connectivity index is 1.79. The first kappa shape index (κ1) is 18.1. The van der Waals surface area contributed by atoms with Crippen molar-refractivity contribution in [1.29, 1.82) is 0 Å². The average molecular weight is 380 g/mol. The normalized spacial score (nSPS) is 17.0. The standard InChI is InChI=1S/C17H15ClFN3O4/c18-14-5-4-11(8-15(14)22(24)25)17(23)20-12-2-1-3-13(9-12)21-6-7-26-10-16(21)19/h1-5,8-9,16H,6-7,10H2,(H,20,23). The first-order valence-corrected chi connectivity index (χ1v) is 8.17. The lowest BCUT2D eigenvalue weighted by molar-refractivity contribution is -0.384. The number of ether oxygens (including phenoxy) is 1. The van der Waals surface area contributed by atoms with E-state index in [4.69, 9.17) is 16.3 Å². The zero-order valence-corrected chi connectivity index (χ0v) is 14.3. The number of nitrogens with one attached hydrogen (secondary N) is 1. The molecule has 2 aromatic carbocycles. The summed E-state index contributed by atoms with van der Waals surface area (Å²) in [6, 6.07) is 10.5. The van der Waals surface area contributed by atoms with E-state index in [1.54, 1.807) is 29.2 Å². The molecule has 9 heteroatoms. The number of benzene rings is 2. The summed E-state index contributed by atoms with van der Waals surface area (Å²) in [6.45, 7) is 0.818. The number of morpholine rings is 1. The van der Waals surface area contributed by atoms with Crippen molar-refractivity contribution in [2.24, 2.45) is 0 Å². The Hall–Kier alpha value is -2.71. The van der Waals surface area contributed by atoms with Gasteiger partial charge in [-0.25, -0.2) is 4.39 Å². The van der Waals surface area contributed by atoms with Crippen molar-refractivity contribution in [2.75, 3.05) is 30.0 Å². The predicted molar refractivity (Wildman–Crippen MR) is 95.6 cm³/mol. The van der Waals surface area contributed by atoms with Crippen LogP contribution in [0.15, 0.2) is 42.5 Å². The lowest BCUT2D eigenvalue weighted by Crippen LogP contribution is -2.42. The van der Waals surface area contributed by atoms with E-state index in [1.807, 2.05) is 0 Å². The van der Waals surface area contributed by atoms with Crippen LogP contribution in [0.5, 0.6) is 0 Å². The first-order chi connectivity index (χ1) is 12.5. The summed E-state index contributed by atoms with van der Waals surface area (Å²) in [7, 11) is 0. The first-order valence-electron chi connectivity index (χ1n) is 7.79. The summed E-state index contributed by atoms with van der Waals surface area (Å²) in [5.74, 6) is -0.527. The fourth-order valence-electron chi connectivity index (χ4n) is 2.62. The predicted octanol–water partition coefficient (Wildman–Crippen LogP) is 3.63. The Kier molecular flexibility index (Phi) is 5.34. The number of nitro groups is 1. The summed E-state index contributed by atoms with van der Waals surface area (Å²) >= 11 is 5.75. The number of carbonyl (C=O) groups is 1. The number of nitro benzene ring substituents is 1. The number of rotatable bonds is 4. The molecule has 0 aromatic heterocycles. The maximum absolute atomic E-state index is 14.0. The van der Waals surface area contributed by atoms with Crippen molar-refractivity contribution in [3.8, 4) is 0 Å². The number of alkyl halides is 1. The molecule has 1 N–H and O–H groups in total. The van der Waals surface area contributed by atoms with Gasteiger partial charge < -0.3 is 15.0 Å². The minimum Gasteiger partial charge on any atom is -0.375 e. The Morgan fingerprint density at radius 2 is 2.15 bits per heavy atom. The van der Waals surface area contributed by atoms with E-state index >= 15 is 0 Å². The fraction of sp³-hybridized carbons (Fsp3) is 0.235. The van der Waals surface area contributed by atoms with E-state index in [0.29, 0.717) is 24.5 Å². The number of halogens is 2. The molecule has 1 fully saturated rings. The molecule has 136 valence electrons. The Morgan fingerprint density at radius 1 is 1.35 bits per heavy atom. The Bertz CT molecular complexity index is 849. The van der Waals surface area contributed by atoms with Gasteiger partial charge in [-0.2, -0.15) is 0 Å². The molecular formula is C17H15ClFN3O4. The van der Waals surface area contributed by atoms with Gasteiger partial charge >= 0.3 is 0 Å². The number of anilines is 2. The number of hydrogen-bond acceptors (Lipinski definition) is 5. The molecule has 1 atom stereocenters. The third kappa shape index (κ3) is 3.92. The van der Waals surface area contributed by atoms with Crippen molar-refractivity contribution in [3.05, 3.63) is 63.2 Å². The van der Waals surface area contributed by atoms with Crippen LogP contribution in [-0.4, -0.2) is 36.9 Å². The third-order valence-electron chi connectivity index (χ3n) is 3.91. The van der Waals surface area contributed by atoms with Crippen LogP contribution in [-0.2, 0) is 4.74 Å². The molecule has 0 aliphatic carbocycles. The molecule has 1 aliphatic rings. The highest BCUT2D eigenvalue weighted by molar-refractivity contribution is 6.32. The number of nitrogens with zero attached hydrogens (tertiary/aromatic N) is 2. The smallest absolute Gasteiger partial charge is 0.288 e. The second kappa shape index (κ2) is 7.67. The van der Waals surface area contributed by atoms with Gasteiger partial charge in [0.1, 0.15) is 5.02 Å². The summed E-state index contributed by atoms with van der Waals surface area (Å²) in [5, 5.41) is 13.6. The van der Waals surface area contributed by atoms with Crippen LogP contribution in [0, 0.1) is 10.1 Å². The molecule has 1 amide bonds. The second-order valence-electron chi connectivity index (χ2n) is 5.63. The second-order valence-corrected chi connectivity index (χ2v) is 6.04. The van der Waals surface area contributed by atoms with Gasteiger partial charge in [0.15, 0.2) is 6.30 Å². The number of amides is 1. The van der Waals surface area contributed by atoms with E-state index in [-0.39, 0.29) is 22.9 Å². The molecule has 26 heavy (non-hydrogen) atoms. The van der Waals surface area contributed by atoms with Gasteiger partial charge in [-0.3, -0.25) is 14.9 Å². The van der Waals surface area contributed by atoms with Crippen LogP contribution >= 0.6 is 11.6 Å². The number of carbonyl (C=O) groups excluding carboxylic acids is 1. The zero-order chi connectivity index (χ0) is 18.7. The van der Waals surface area contributed by atoms with E-state index < -0.39 is 17.1 Å². The van der Waals surface area contributed by atoms with Crippen LogP contribution < -0.4 is 10.2 Å². The third-order valence-corrected chi connectivity index (χ3v) is 4.23. The fourth-order valence-corrected chi connectivity index (χ4v) is 2.81. The zero-order valence-electron chi connectivity index (χ0n) is 13.5. The van der Waals surface area contributed by atoms with Gasteiger partial charge in [-0.15, -0.1) is 0 Å². The summed E-state index contributed by atoms with van der Waals surface area (Å²) in [4.78, 5) is 24.2. The van der Waals surface area contributed by atoms with E-state index in [9.17, 15) is 19.3 Å². The van der Waals surface area contributed by atoms with E-state index in [0.717, 1.165) is 6.07 Å². The topological polar surface area (TPSA) is 84.7 Å². The molecule has 1 heterocycles. The van der Waals surface area contributed by atoms with E-state index in [1.165, 1.54) is 12.1 Å². The summed E-state index contributed by atoms with van der Waals surface area (Å²) < 4.78 is 19.1. The monoisotopic (exact) mass is 379 g/mol. The molecule has 0 radical (unpaired) electrons. The number of hydrogen-bond donors (Lipinski definition) is 1. The minimum atomic E-state index is -1.26. The van der Waals surface area contributed by atoms with Gasteiger partial charge in [-0.1, -0.05) is 17.7 Å². The summed E-state index contributed by atoms with van der Waals surface area (Å²) in [5.41, 5.74) is 0.812. The van der Waals surface area contributed by atoms with Gasteiger partial charge in [0.25, 0.3) is 11.6 Å². The molecule has 1 saturated heterocycles. The molecule has 0 spiro atoms. The van der Waals surface area contributed by atoms with Crippen LogP contribution in [0.4, 0.5) is 21.5 Å². The molecule has 7 nitrogen and oxygen atoms in total. The highest BCUT2D eigenvalue weighted by Crippen LogP contribution is 2.27. The molecule has 2 aromatic rings. The molecule has 0 bridgehead atoms. The quantitative estimate of drug-likeness (QED) is 0.498. The van der Waals surface area contributed by atoms with Gasteiger partial charge in [0.2, 0.25) is 0 Å². The summed E-state index contributed by atoms with van der Waals surface area (Å²) in [6.07, 6.45) is -1.26. The molecule has 0 saturated carbocycles. The van der Waals surface area contributed by atoms with Crippen molar-refractivity contribution in [3.63, 3.8) is 0 Å². The molecule has 1 unspecified atom stereocenters. The lowest BCUT2D eigenvalue weighted by Gasteiger charge is -2.32. The van der Waals surface area contributed by atoms with Crippen LogP contribution in [0.1, 0.15) is 10.4 Å². The van der Waals surface area contributed by atoms with E-state index in [2.05, 4.69) is 5.32 Å². The maximum Gasteiger partial charge on any atom is 0.288 e. The van der Waals surface area contributed by atoms with Crippen molar-refractivity contribution >= 4 is 34.6 Å². The molecule has 3 rings (SSSR count).